The number of aromatic nitrogens is 1. The van der Waals surface area contributed by atoms with Gasteiger partial charge in [0.25, 0.3) is 0 Å². The molecule has 3 rings (SSSR count). The van der Waals surface area contributed by atoms with Gasteiger partial charge in [-0.15, -0.1) is 0 Å². The fourth-order valence-electron chi connectivity index (χ4n) is 3.17. The number of nitrogens with one attached hydrogen (secondary N) is 1. The Morgan fingerprint density at radius 3 is 2.73 bits per heavy atom. The normalized spacial score (nSPS) is 11.5. The number of anilines is 1. The number of rotatable bonds is 9. The number of pyridine rings is 1. The zero-order valence-corrected chi connectivity index (χ0v) is 17.6. The van der Waals surface area contributed by atoms with Crippen molar-refractivity contribution in [2.75, 3.05) is 12.4 Å². The first-order chi connectivity index (χ1) is 14.4. The quantitative estimate of drug-likeness (QED) is 0.434. The molecule has 0 aliphatic heterocycles. The topological polar surface area (TPSA) is 60.5 Å². The average molecular weight is 410 g/mol. The number of carbonyl (C=O) groups is 1. The molecule has 0 aliphatic rings. The number of amides is 1. The molecule has 0 atom stereocenters. The van der Waals surface area contributed by atoms with E-state index in [1.807, 2.05) is 19.9 Å². The highest BCUT2D eigenvalue weighted by Gasteiger charge is 2.16. The van der Waals surface area contributed by atoms with Crippen LogP contribution in [0.15, 0.2) is 54.9 Å². The van der Waals surface area contributed by atoms with Crippen molar-refractivity contribution in [3.8, 4) is 11.5 Å². The number of benzene rings is 2. The first-order valence-electron chi connectivity index (χ1n) is 10.0. The second-order valence-corrected chi connectivity index (χ2v) is 7.81. The lowest BCUT2D eigenvalue weighted by Gasteiger charge is -2.22. The highest BCUT2D eigenvalue weighted by Crippen LogP contribution is 2.34. The number of ether oxygens (including phenoxy) is 2. The molecule has 1 heterocycles. The van der Waals surface area contributed by atoms with Gasteiger partial charge in [0.2, 0.25) is 5.91 Å². The van der Waals surface area contributed by atoms with Gasteiger partial charge in [-0.3, -0.25) is 9.78 Å². The van der Waals surface area contributed by atoms with Crippen LogP contribution in [0.25, 0.3) is 10.8 Å². The van der Waals surface area contributed by atoms with E-state index in [-0.39, 0.29) is 17.3 Å². The number of nitrogens with zero attached hydrogens (tertiary/aromatic N) is 1. The third-order valence-corrected chi connectivity index (χ3v) is 5.06. The van der Waals surface area contributed by atoms with Gasteiger partial charge in [-0.05, 0) is 57.0 Å². The predicted octanol–water partition coefficient (Wildman–Crippen LogP) is 6.09. The summed E-state index contributed by atoms with van der Waals surface area (Å²) in [6.07, 6.45) is 6.37. The Morgan fingerprint density at radius 2 is 1.97 bits per heavy atom. The second-order valence-electron chi connectivity index (χ2n) is 7.81. The standard InChI is InChI=1S/C24H27FN2O3/c1-24(2,29-3)13-5-4-9-23(28)27-21-10-11-22(19-12-14-26-16-20(19)21)30-18-8-6-7-17(25)15-18/h6-8,10-12,14-16H,4-5,9,13H2,1-3H3,(H,27,28). The van der Waals surface area contributed by atoms with E-state index in [2.05, 4.69) is 10.3 Å². The minimum absolute atomic E-state index is 0.0471. The molecule has 30 heavy (non-hydrogen) atoms. The smallest absolute Gasteiger partial charge is 0.224 e. The molecule has 0 aliphatic carbocycles. The van der Waals surface area contributed by atoms with E-state index in [1.165, 1.54) is 12.1 Å². The van der Waals surface area contributed by atoms with E-state index < -0.39 is 0 Å². The van der Waals surface area contributed by atoms with Crippen molar-refractivity contribution in [3.05, 3.63) is 60.7 Å². The fourth-order valence-corrected chi connectivity index (χ4v) is 3.17. The Morgan fingerprint density at radius 1 is 1.13 bits per heavy atom. The number of hydrogen-bond donors (Lipinski definition) is 1. The maximum Gasteiger partial charge on any atom is 0.224 e. The molecule has 1 aromatic heterocycles. The van der Waals surface area contributed by atoms with E-state index in [1.54, 1.807) is 43.8 Å². The molecule has 0 saturated heterocycles. The summed E-state index contributed by atoms with van der Waals surface area (Å²) in [5.74, 6) is 0.562. The zero-order chi connectivity index (χ0) is 21.6. The van der Waals surface area contributed by atoms with E-state index in [0.717, 1.165) is 30.0 Å². The van der Waals surface area contributed by atoms with Gasteiger partial charge in [0.05, 0.1) is 11.3 Å². The third kappa shape index (κ3) is 5.76. The highest BCUT2D eigenvalue weighted by atomic mass is 19.1. The molecule has 1 N–H and O–H groups in total. The summed E-state index contributed by atoms with van der Waals surface area (Å²) >= 11 is 0. The maximum absolute atomic E-state index is 13.5. The van der Waals surface area contributed by atoms with Gasteiger partial charge in [0.1, 0.15) is 17.3 Å². The van der Waals surface area contributed by atoms with Crippen LogP contribution in [0.3, 0.4) is 0 Å². The first-order valence-corrected chi connectivity index (χ1v) is 10.0. The predicted molar refractivity (Wildman–Crippen MR) is 116 cm³/mol. The minimum atomic E-state index is -0.365. The van der Waals surface area contributed by atoms with Gasteiger partial charge < -0.3 is 14.8 Å². The lowest BCUT2D eigenvalue weighted by molar-refractivity contribution is -0.116. The summed E-state index contributed by atoms with van der Waals surface area (Å²) in [6, 6.07) is 11.3. The largest absolute Gasteiger partial charge is 0.457 e. The van der Waals surface area contributed by atoms with E-state index >= 15 is 0 Å². The van der Waals surface area contributed by atoms with Gasteiger partial charge in [0, 0.05) is 42.8 Å². The number of hydrogen-bond acceptors (Lipinski definition) is 4. The van der Waals surface area contributed by atoms with Crippen LogP contribution in [0.4, 0.5) is 10.1 Å². The summed E-state index contributed by atoms with van der Waals surface area (Å²) in [4.78, 5) is 16.6. The maximum atomic E-state index is 13.5. The summed E-state index contributed by atoms with van der Waals surface area (Å²) in [7, 11) is 1.70. The van der Waals surface area contributed by atoms with Crippen molar-refractivity contribution in [3.63, 3.8) is 0 Å². The average Bonchev–Trinajstić information content (AvgIpc) is 2.73. The lowest BCUT2D eigenvalue weighted by Crippen LogP contribution is -2.22. The van der Waals surface area contributed by atoms with Gasteiger partial charge >= 0.3 is 0 Å². The van der Waals surface area contributed by atoms with E-state index in [4.69, 9.17) is 9.47 Å². The Labute approximate surface area is 176 Å². The number of unbranched alkanes of at least 4 members (excludes halogenated alkanes) is 1. The summed E-state index contributed by atoms with van der Waals surface area (Å²) < 4.78 is 24.7. The van der Waals surface area contributed by atoms with Crippen molar-refractivity contribution in [2.45, 2.75) is 45.1 Å². The van der Waals surface area contributed by atoms with Crippen LogP contribution in [0.5, 0.6) is 11.5 Å². The van der Waals surface area contributed by atoms with Crippen LogP contribution in [0, 0.1) is 5.82 Å². The molecule has 0 bridgehead atoms. The molecule has 0 unspecified atom stereocenters. The molecule has 158 valence electrons. The van der Waals surface area contributed by atoms with Gasteiger partial charge in [-0.2, -0.15) is 0 Å². The Bertz CT molecular complexity index is 1020. The lowest BCUT2D eigenvalue weighted by atomic mass is 10.0. The first kappa shape index (κ1) is 21.7. The van der Waals surface area contributed by atoms with Gasteiger partial charge in [-0.1, -0.05) is 12.5 Å². The molecule has 0 fully saturated rings. The van der Waals surface area contributed by atoms with E-state index in [9.17, 15) is 9.18 Å². The van der Waals surface area contributed by atoms with Crippen molar-refractivity contribution in [2.24, 2.45) is 0 Å². The summed E-state index contributed by atoms with van der Waals surface area (Å²) in [6.45, 7) is 4.08. The monoisotopic (exact) mass is 410 g/mol. The SMILES string of the molecule is COC(C)(C)CCCCC(=O)Nc1ccc(Oc2cccc(F)c2)c2ccncc12. The molecule has 1 amide bonds. The summed E-state index contributed by atoms with van der Waals surface area (Å²) in [5.41, 5.74) is 0.502. The van der Waals surface area contributed by atoms with Crippen LogP contribution in [0.2, 0.25) is 0 Å². The van der Waals surface area contributed by atoms with Crippen molar-refractivity contribution >= 4 is 22.4 Å². The third-order valence-electron chi connectivity index (χ3n) is 5.06. The second kappa shape index (κ2) is 9.67. The molecule has 5 nitrogen and oxygen atoms in total. The van der Waals surface area contributed by atoms with Crippen LogP contribution in [0.1, 0.15) is 39.5 Å². The van der Waals surface area contributed by atoms with Crippen LogP contribution in [-0.2, 0) is 9.53 Å². The van der Waals surface area contributed by atoms with Crippen LogP contribution >= 0.6 is 0 Å². The van der Waals surface area contributed by atoms with E-state index in [0.29, 0.717) is 23.6 Å². The van der Waals surface area contributed by atoms with Crippen molar-refractivity contribution in [1.82, 2.24) is 4.98 Å². The van der Waals surface area contributed by atoms with Gasteiger partial charge in [0.15, 0.2) is 0 Å². The molecule has 2 aromatic carbocycles. The number of carbonyl (C=O) groups excluding carboxylic acids is 1. The molecule has 0 spiro atoms. The van der Waals surface area contributed by atoms with Crippen molar-refractivity contribution in [1.29, 1.82) is 0 Å². The Kier molecular flexibility index (Phi) is 7.00. The minimum Gasteiger partial charge on any atom is -0.457 e. The highest BCUT2D eigenvalue weighted by molar-refractivity contribution is 6.03. The van der Waals surface area contributed by atoms with Crippen molar-refractivity contribution < 1.29 is 18.7 Å². The molecule has 3 aromatic rings. The fraction of sp³-hybridized carbons (Fsp3) is 0.333. The molecular formula is C24H27FN2O3. The Balaban J connectivity index is 1.69. The molecule has 6 heteroatoms. The Hall–Kier alpha value is -2.99. The zero-order valence-electron chi connectivity index (χ0n) is 17.6. The molecule has 0 saturated carbocycles. The number of methoxy groups -OCH3 is 1. The van der Waals surface area contributed by atoms with Gasteiger partial charge in [-0.25, -0.2) is 4.39 Å². The molecular weight excluding hydrogens is 383 g/mol. The molecule has 0 radical (unpaired) electrons. The van der Waals surface area contributed by atoms with Crippen LogP contribution in [-0.4, -0.2) is 23.6 Å². The van der Waals surface area contributed by atoms with Crippen LogP contribution < -0.4 is 10.1 Å². The summed E-state index contributed by atoms with van der Waals surface area (Å²) in [5, 5.41) is 4.52. The number of halogens is 1. The number of fused-ring (bicyclic) bond motifs is 1.